The Morgan fingerprint density at radius 3 is 2.50 bits per heavy atom. The van der Waals surface area contributed by atoms with Crippen molar-refractivity contribution >= 4 is 18.6 Å². The van der Waals surface area contributed by atoms with Crippen LogP contribution in [-0.4, -0.2) is 30.2 Å². The van der Waals surface area contributed by atoms with E-state index in [-0.39, 0.29) is 6.54 Å². The molecule has 0 amide bonds. The summed E-state index contributed by atoms with van der Waals surface area (Å²) in [5.74, 6) is -0.887. The van der Waals surface area contributed by atoms with Crippen LogP contribution < -0.4 is 16.8 Å². The summed E-state index contributed by atoms with van der Waals surface area (Å²) in [6, 6.07) is -0.613. The maximum atomic E-state index is 10.8. The average Bonchev–Trinajstić information content (AvgIpc) is 2.16. The van der Waals surface area contributed by atoms with Crippen molar-refractivity contribution in [3.63, 3.8) is 0 Å². The normalized spacial score (nSPS) is 13.1. The van der Waals surface area contributed by atoms with Crippen molar-refractivity contribution < 1.29 is 9.90 Å². The van der Waals surface area contributed by atoms with E-state index < -0.39 is 12.0 Å². The number of thiol groups is 1. The molecular weight excluding hydrogens is 202 g/mol. The van der Waals surface area contributed by atoms with Gasteiger partial charge in [-0.25, -0.2) is 0 Å². The van der Waals surface area contributed by atoms with E-state index in [1.165, 1.54) is 0 Å². The average molecular weight is 220 g/mol. The number of carboxylic acid groups (broad SMARTS) is 1. The summed E-state index contributed by atoms with van der Waals surface area (Å²) in [6.45, 7) is 0.810. The molecule has 0 aromatic heterocycles. The van der Waals surface area contributed by atoms with Crippen LogP contribution >= 0.6 is 12.6 Å². The molecule has 5 nitrogen and oxygen atoms in total. The molecule has 0 aromatic rings. The van der Waals surface area contributed by atoms with Gasteiger partial charge in [-0.1, -0.05) is 6.42 Å². The van der Waals surface area contributed by atoms with Crippen molar-refractivity contribution in [2.45, 2.75) is 25.3 Å². The molecule has 0 saturated carbocycles. The van der Waals surface area contributed by atoms with E-state index in [1.807, 2.05) is 0 Å². The molecule has 0 aliphatic rings. The Morgan fingerprint density at radius 2 is 2.07 bits per heavy atom. The molecule has 0 spiro atoms. The maximum absolute atomic E-state index is 10.8. The number of nitrogens with two attached hydrogens (primary N) is 2. The molecule has 0 aliphatic heterocycles. The Bertz CT molecular complexity index is 169. The van der Waals surface area contributed by atoms with Crippen LogP contribution in [0.15, 0.2) is 0 Å². The highest BCUT2D eigenvalue weighted by Crippen LogP contribution is 2.06. The van der Waals surface area contributed by atoms with E-state index in [9.17, 15) is 4.79 Å². The number of hydrogen-bond acceptors (Lipinski definition) is 5. The summed E-state index contributed by atoms with van der Waals surface area (Å²) in [6.07, 6.45) is 2.15. The van der Waals surface area contributed by atoms with Gasteiger partial charge in [-0.2, -0.15) is 12.6 Å². The molecule has 0 rings (SSSR count). The number of carboxylic acids is 1. The molecule has 83 valence electrons. The van der Waals surface area contributed by atoms with Gasteiger partial charge < -0.3 is 16.6 Å². The first-order valence-electron chi connectivity index (χ1n) is 4.56. The summed E-state index contributed by atoms with van der Waals surface area (Å²) in [5, 5.41) is 12.1. The van der Waals surface area contributed by atoms with Gasteiger partial charge in [0.2, 0.25) is 0 Å². The van der Waals surface area contributed by atoms with Gasteiger partial charge in [-0.05, 0) is 19.4 Å². The summed E-state index contributed by atoms with van der Waals surface area (Å²) in [5.41, 5.74) is 10.6. The predicted molar refractivity (Wildman–Crippen MR) is 58.7 cm³/mol. The van der Waals surface area contributed by atoms with Gasteiger partial charge >= 0.3 is 5.97 Å². The van der Waals surface area contributed by atoms with E-state index in [2.05, 4.69) is 17.9 Å². The zero-order chi connectivity index (χ0) is 11.0. The molecule has 1 radical (unpaired) electrons. The minimum Gasteiger partial charge on any atom is -0.480 e. The van der Waals surface area contributed by atoms with Gasteiger partial charge in [0.05, 0.1) is 0 Å². The maximum Gasteiger partial charge on any atom is 0.320 e. The van der Waals surface area contributed by atoms with E-state index in [0.717, 1.165) is 12.8 Å². The van der Waals surface area contributed by atoms with Gasteiger partial charge in [0, 0.05) is 6.54 Å². The van der Waals surface area contributed by atoms with Gasteiger partial charge in [0.25, 0.3) is 0 Å². The monoisotopic (exact) mass is 220 g/mol. The van der Waals surface area contributed by atoms with Crippen molar-refractivity contribution in [3.8, 4) is 0 Å². The van der Waals surface area contributed by atoms with Crippen LogP contribution in [0.25, 0.3) is 0 Å². The summed E-state index contributed by atoms with van der Waals surface area (Å²) in [4.78, 5) is 10.8. The first-order chi connectivity index (χ1) is 6.61. The molecule has 0 unspecified atom stereocenters. The van der Waals surface area contributed by atoms with Crippen LogP contribution in [0.3, 0.4) is 0 Å². The van der Waals surface area contributed by atoms with Crippen molar-refractivity contribution in [1.29, 1.82) is 0 Å². The van der Waals surface area contributed by atoms with Crippen LogP contribution in [0.2, 0.25) is 0 Å². The molecule has 0 aliphatic carbocycles. The lowest BCUT2D eigenvalue weighted by atomic mass is 10.1. The second-order valence-electron chi connectivity index (χ2n) is 2.97. The third-order valence-electron chi connectivity index (χ3n) is 1.78. The minimum absolute atomic E-state index is 0.226. The Morgan fingerprint density at radius 1 is 1.43 bits per heavy atom. The largest absolute Gasteiger partial charge is 0.480 e. The topological polar surface area (TPSA) is 101 Å². The molecule has 0 saturated heterocycles. The molecule has 0 bridgehead atoms. The summed E-state index contributed by atoms with van der Waals surface area (Å²) >= 11 is 4.00. The minimum atomic E-state index is -0.887. The molecule has 0 fully saturated rings. The third kappa shape index (κ3) is 6.20. The van der Waals surface area contributed by atoms with Gasteiger partial charge in [-0.3, -0.25) is 10.1 Å². The Labute approximate surface area is 89.6 Å². The number of hydrogen-bond donors (Lipinski definition) is 5. The molecule has 6 N–H and O–H groups in total. The Hall–Kier alpha value is -0.300. The number of aliphatic carboxylic acids is 1. The van der Waals surface area contributed by atoms with Crippen LogP contribution in [0.4, 0.5) is 0 Å². The van der Waals surface area contributed by atoms with Crippen LogP contribution in [0.1, 0.15) is 19.3 Å². The second-order valence-corrected chi connectivity index (χ2v) is 3.51. The number of unbranched alkanes of at least 4 members (excludes halogenated alkanes) is 1. The van der Waals surface area contributed by atoms with Crippen LogP contribution in [0, 0.1) is 5.37 Å². The third-order valence-corrected chi connectivity index (χ3v) is 2.09. The van der Waals surface area contributed by atoms with Crippen molar-refractivity contribution in [2.24, 2.45) is 11.5 Å². The number of rotatable bonds is 8. The molecule has 1 atom stereocenters. The van der Waals surface area contributed by atoms with Crippen molar-refractivity contribution in [1.82, 2.24) is 5.32 Å². The molecule has 0 heterocycles. The van der Waals surface area contributed by atoms with E-state index in [4.69, 9.17) is 16.6 Å². The number of carbonyl (C=O) groups is 1. The lowest BCUT2D eigenvalue weighted by Gasteiger charge is -2.17. The quantitative estimate of drug-likeness (QED) is 0.281. The highest BCUT2D eigenvalue weighted by atomic mass is 32.1. The van der Waals surface area contributed by atoms with Gasteiger partial charge in [0.15, 0.2) is 0 Å². The van der Waals surface area contributed by atoms with E-state index >= 15 is 0 Å². The predicted octanol–water partition coefficient (Wildman–Crippen LogP) is -0.464. The zero-order valence-corrected chi connectivity index (χ0v) is 8.96. The highest BCUT2D eigenvalue weighted by Gasteiger charge is 2.18. The first kappa shape index (κ1) is 13.7. The van der Waals surface area contributed by atoms with Crippen molar-refractivity contribution in [2.75, 3.05) is 13.1 Å². The standard InChI is InChI=1S/C8H18N3O2S/c9-4-2-1-3-6(8(12)13)11-7(14)5-10/h6,11,14H,1-5,9-10H2,(H,12,13)/t6-/m0/s1. The molecule has 6 heteroatoms. The fourth-order valence-corrected chi connectivity index (χ4v) is 1.17. The molecule has 0 aromatic carbocycles. The van der Waals surface area contributed by atoms with Crippen LogP contribution in [-0.2, 0) is 4.79 Å². The Balaban J connectivity index is 3.84. The lowest BCUT2D eigenvalue weighted by Crippen LogP contribution is -2.39. The van der Waals surface area contributed by atoms with Crippen LogP contribution in [0.5, 0.6) is 0 Å². The molecule has 14 heavy (non-hydrogen) atoms. The first-order valence-corrected chi connectivity index (χ1v) is 5.00. The Kier molecular flexibility index (Phi) is 7.87. The smallest absolute Gasteiger partial charge is 0.320 e. The fraction of sp³-hybridized carbons (Fsp3) is 0.750. The molecular formula is C8H18N3O2S. The SMILES string of the molecule is NCCCC[C@H](N[C](S)CN)C(=O)O. The summed E-state index contributed by atoms with van der Waals surface area (Å²) in [7, 11) is 0. The lowest BCUT2D eigenvalue weighted by molar-refractivity contribution is -0.139. The van der Waals surface area contributed by atoms with Gasteiger partial charge in [-0.15, -0.1) is 0 Å². The van der Waals surface area contributed by atoms with Crippen molar-refractivity contribution in [3.05, 3.63) is 5.37 Å². The van der Waals surface area contributed by atoms with E-state index in [1.54, 1.807) is 0 Å². The van der Waals surface area contributed by atoms with E-state index in [0.29, 0.717) is 18.3 Å². The highest BCUT2D eigenvalue weighted by molar-refractivity contribution is 7.83. The van der Waals surface area contributed by atoms with Gasteiger partial charge in [0.1, 0.15) is 11.4 Å². The fourth-order valence-electron chi connectivity index (χ4n) is 1.01. The summed E-state index contributed by atoms with van der Waals surface area (Å²) < 4.78 is 0. The second kappa shape index (κ2) is 8.05. The number of nitrogens with one attached hydrogen (secondary N) is 1. The zero-order valence-electron chi connectivity index (χ0n) is 8.07.